The second-order valence-corrected chi connectivity index (χ2v) is 4.81. The van der Waals surface area contributed by atoms with Crippen LogP contribution >= 0.6 is 0 Å². The minimum Gasteiger partial charge on any atom is -1.00 e. The Bertz CT molecular complexity index is 287. The Labute approximate surface area is 124 Å². The average Bonchev–Trinajstić information content (AvgIpc) is 2.09. The van der Waals surface area contributed by atoms with E-state index in [1.54, 1.807) is 6.92 Å². The molecule has 88 valence electrons. The van der Waals surface area contributed by atoms with Gasteiger partial charge in [0.15, 0.2) is 0 Å². The number of carbonyl (C=O) groups is 1. The third kappa shape index (κ3) is 10.9. The van der Waals surface area contributed by atoms with Crippen molar-refractivity contribution in [1.82, 2.24) is 5.32 Å². The first-order valence-electron chi connectivity index (χ1n) is 4.59. The van der Waals surface area contributed by atoms with Crippen LogP contribution in [0, 0.1) is 5.92 Å². The Hall–Kier alpha value is 0.640. The fraction of sp³-hybridized carbons (Fsp3) is 0.875. The Balaban J connectivity index is -0.000000282. The van der Waals surface area contributed by atoms with Crippen molar-refractivity contribution in [2.75, 3.05) is 12.3 Å². The van der Waals surface area contributed by atoms with Crippen LogP contribution in [0.25, 0.3) is 0 Å². The number of carbonyl (C=O) groups excluding carboxylic acids is 1. The molecule has 1 atom stereocenters. The van der Waals surface area contributed by atoms with Crippen LogP contribution in [0.2, 0.25) is 0 Å². The summed E-state index contributed by atoms with van der Waals surface area (Å²) in [6.45, 7) is 3.99. The molecule has 0 aliphatic rings. The predicted molar refractivity (Wildman–Crippen MR) is 61.5 cm³/mol. The van der Waals surface area contributed by atoms with E-state index in [-0.39, 0.29) is 71.1 Å². The summed E-state index contributed by atoms with van der Waals surface area (Å²) in [6, 6.07) is 0. The van der Waals surface area contributed by atoms with Crippen LogP contribution in [0.4, 0.5) is 0 Å². The van der Waals surface area contributed by atoms with E-state index in [1.165, 1.54) is 0 Å². The van der Waals surface area contributed by atoms with Gasteiger partial charge in [0.2, 0.25) is 5.91 Å². The van der Waals surface area contributed by atoms with E-state index in [1.807, 2.05) is 6.92 Å². The van der Waals surface area contributed by atoms with Gasteiger partial charge in [-0.25, -0.2) is 0 Å². The van der Waals surface area contributed by atoms with E-state index in [9.17, 15) is 13.2 Å². The summed E-state index contributed by atoms with van der Waals surface area (Å²) in [6.07, 6.45) is 0.991. The number of rotatable bonds is 6. The molecule has 1 unspecified atom stereocenters. The Kier molecular flexibility index (Phi) is 10.5. The van der Waals surface area contributed by atoms with Crippen molar-refractivity contribution in [3.05, 3.63) is 0 Å². The molecule has 0 aliphatic carbocycles. The standard InChI is InChI=1S/C8H17NO4S.Ca.2H/c1-3-7(2)8(10)9-5-4-6-14(11,12)13;;;/h7H,3-6H2,1-2H3,(H,9,10)(H,11,12,13);;;/q;+2;2*-1. The Morgan fingerprint density at radius 1 is 1.53 bits per heavy atom. The molecule has 1 amide bonds. The summed E-state index contributed by atoms with van der Waals surface area (Å²) in [5, 5.41) is 2.59. The van der Waals surface area contributed by atoms with E-state index in [4.69, 9.17) is 4.55 Å². The molecule has 0 saturated carbocycles. The van der Waals surface area contributed by atoms with Gasteiger partial charge in [-0.3, -0.25) is 9.35 Å². The van der Waals surface area contributed by atoms with Crippen molar-refractivity contribution < 1.29 is 20.6 Å². The monoisotopic (exact) mass is 265 g/mol. The molecule has 0 heterocycles. The van der Waals surface area contributed by atoms with E-state index in [2.05, 4.69) is 5.32 Å². The fourth-order valence-electron chi connectivity index (χ4n) is 0.826. The van der Waals surface area contributed by atoms with Crippen LogP contribution in [-0.2, 0) is 14.9 Å². The van der Waals surface area contributed by atoms with Gasteiger partial charge in [0.05, 0.1) is 5.75 Å². The second kappa shape index (κ2) is 8.75. The van der Waals surface area contributed by atoms with Gasteiger partial charge in [-0.1, -0.05) is 13.8 Å². The molecule has 5 nitrogen and oxygen atoms in total. The summed E-state index contributed by atoms with van der Waals surface area (Å²) in [7, 11) is -3.90. The van der Waals surface area contributed by atoms with E-state index in [0.29, 0.717) is 0 Å². The van der Waals surface area contributed by atoms with Gasteiger partial charge < -0.3 is 8.17 Å². The van der Waals surface area contributed by atoms with Crippen LogP contribution in [0.5, 0.6) is 0 Å². The smallest absolute Gasteiger partial charge is 1.00 e. The maximum Gasteiger partial charge on any atom is 2.00 e. The number of amides is 1. The van der Waals surface area contributed by atoms with Crippen molar-refractivity contribution in [3.8, 4) is 0 Å². The minimum atomic E-state index is -3.90. The summed E-state index contributed by atoms with van der Waals surface area (Å²) >= 11 is 0. The molecule has 0 aliphatic heterocycles. The molecule has 2 N–H and O–H groups in total. The first-order chi connectivity index (χ1) is 6.37. The third-order valence-corrected chi connectivity index (χ3v) is 2.74. The van der Waals surface area contributed by atoms with Crippen LogP contribution < -0.4 is 5.32 Å². The summed E-state index contributed by atoms with van der Waals surface area (Å²) in [4.78, 5) is 11.2. The van der Waals surface area contributed by atoms with Crippen LogP contribution in [0.3, 0.4) is 0 Å². The average molecular weight is 265 g/mol. The number of hydrogen-bond acceptors (Lipinski definition) is 3. The molecule has 0 aromatic rings. The first-order valence-corrected chi connectivity index (χ1v) is 6.20. The second-order valence-electron chi connectivity index (χ2n) is 3.24. The SMILES string of the molecule is CCC(C)C(=O)NCCCS(=O)(=O)O.[Ca+2].[H-].[H-]. The number of hydrogen-bond donors (Lipinski definition) is 2. The zero-order valence-electron chi connectivity index (χ0n) is 11.2. The van der Waals surface area contributed by atoms with Gasteiger partial charge in [-0.2, -0.15) is 8.42 Å². The third-order valence-electron chi connectivity index (χ3n) is 1.94. The summed E-state index contributed by atoms with van der Waals surface area (Å²) < 4.78 is 29.0. The van der Waals surface area contributed by atoms with Gasteiger partial charge in [0, 0.05) is 12.5 Å². The van der Waals surface area contributed by atoms with Gasteiger partial charge in [0.25, 0.3) is 10.1 Å². The quantitative estimate of drug-likeness (QED) is 0.410. The number of nitrogens with one attached hydrogen (secondary N) is 1. The van der Waals surface area contributed by atoms with Gasteiger partial charge in [0.1, 0.15) is 0 Å². The predicted octanol–water partition coefficient (Wildman–Crippen LogP) is 0.271. The topological polar surface area (TPSA) is 83.5 Å². The maximum absolute atomic E-state index is 11.2. The zero-order chi connectivity index (χ0) is 11.2. The van der Waals surface area contributed by atoms with E-state index >= 15 is 0 Å². The normalized spacial score (nSPS) is 12.7. The molecular formula is C8H19CaNO4S. The maximum atomic E-state index is 11.2. The first kappa shape index (κ1) is 18.0. The molecule has 0 aromatic heterocycles. The Morgan fingerprint density at radius 3 is 2.47 bits per heavy atom. The fourth-order valence-corrected chi connectivity index (χ4v) is 1.33. The van der Waals surface area contributed by atoms with Crippen molar-refractivity contribution in [2.24, 2.45) is 5.92 Å². The summed E-state index contributed by atoms with van der Waals surface area (Å²) in [5.41, 5.74) is 0. The molecule has 15 heavy (non-hydrogen) atoms. The largest absolute Gasteiger partial charge is 2.00 e. The Morgan fingerprint density at radius 2 is 2.07 bits per heavy atom. The van der Waals surface area contributed by atoms with Crippen LogP contribution in [0.1, 0.15) is 29.5 Å². The van der Waals surface area contributed by atoms with Crippen LogP contribution in [0.15, 0.2) is 0 Å². The van der Waals surface area contributed by atoms with E-state index < -0.39 is 10.1 Å². The van der Waals surface area contributed by atoms with Gasteiger partial charge in [-0.15, -0.1) is 0 Å². The summed E-state index contributed by atoms with van der Waals surface area (Å²) in [5.74, 6) is -0.447. The molecule has 0 radical (unpaired) electrons. The molecule has 7 heteroatoms. The molecule has 0 saturated heterocycles. The molecule has 0 fully saturated rings. The molecular weight excluding hydrogens is 246 g/mol. The van der Waals surface area contributed by atoms with E-state index in [0.717, 1.165) is 6.42 Å². The minimum absolute atomic E-state index is 0. The van der Waals surface area contributed by atoms with Crippen molar-refractivity contribution in [1.29, 1.82) is 0 Å². The molecule has 0 rings (SSSR count). The molecule has 0 bridgehead atoms. The van der Waals surface area contributed by atoms with Crippen molar-refractivity contribution >= 4 is 53.8 Å². The van der Waals surface area contributed by atoms with Crippen molar-refractivity contribution in [3.63, 3.8) is 0 Å². The van der Waals surface area contributed by atoms with Gasteiger partial charge in [-0.05, 0) is 12.8 Å². The van der Waals surface area contributed by atoms with Crippen molar-refractivity contribution in [2.45, 2.75) is 26.7 Å². The zero-order valence-corrected chi connectivity index (χ0v) is 12.2. The molecule has 0 aromatic carbocycles. The van der Waals surface area contributed by atoms with Crippen LogP contribution in [-0.4, -0.2) is 68.9 Å². The molecule has 0 spiro atoms. The van der Waals surface area contributed by atoms with Gasteiger partial charge >= 0.3 is 37.7 Å².